The van der Waals surface area contributed by atoms with E-state index in [-0.39, 0.29) is 0 Å². The lowest BCUT2D eigenvalue weighted by atomic mass is 10.0. The smallest absolute Gasteiger partial charge is 0.308 e. The van der Waals surface area contributed by atoms with Gasteiger partial charge in [0.2, 0.25) is 0 Å². The van der Waals surface area contributed by atoms with Crippen molar-refractivity contribution in [2.75, 3.05) is 10.6 Å². The third-order valence-corrected chi connectivity index (χ3v) is 4.95. The van der Waals surface area contributed by atoms with Crippen LogP contribution in [0.1, 0.15) is 5.56 Å². The number of benzene rings is 2. The Morgan fingerprint density at radius 1 is 1.15 bits per heavy atom. The molecule has 0 saturated carbocycles. The Morgan fingerprint density at radius 3 is 2.58 bits per heavy atom. The van der Waals surface area contributed by atoms with Crippen LogP contribution in [-0.4, -0.2) is 15.8 Å². The van der Waals surface area contributed by atoms with Crippen LogP contribution in [0.25, 0.3) is 11.3 Å². The Hall–Kier alpha value is -2.02. The fourth-order valence-corrected chi connectivity index (χ4v) is 3.56. The molecule has 0 spiro atoms. The molecule has 2 N–H and O–H groups in total. The Morgan fingerprint density at radius 2 is 1.92 bits per heavy atom. The van der Waals surface area contributed by atoms with Crippen LogP contribution in [0.3, 0.4) is 0 Å². The van der Waals surface area contributed by atoms with Gasteiger partial charge in [-0.3, -0.25) is 4.68 Å². The largest absolute Gasteiger partial charge is 0.323 e. The van der Waals surface area contributed by atoms with Gasteiger partial charge in [0.15, 0.2) is 0 Å². The second kappa shape index (κ2) is 7.70. The minimum Gasteiger partial charge on any atom is -0.308 e. The number of halogens is 3. The van der Waals surface area contributed by atoms with E-state index in [0.717, 1.165) is 21.3 Å². The topological polar surface area (TPSA) is 59.0 Å². The Bertz CT molecular complexity index is 968. The molecular weight excluding hydrogens is 439 g/mol. The first-order chi connectivity index (χ1) is 12.3. The third kappa shape index (κ3) is 4.03. The van der Waals surface area contributed by atoms with E-state index >= 15 is 0 Å². The minimum absolute atomic E-state index is 0.371. The number of nitrogens with one attached hydrogen (secondary N) is 2. The van der Waals surface area contributed by atoms with Gasteiger partial charge < -0.3 is 10.6 Å². The van der Waals surface area contributed by atoms with E-state index in [4.69, 9.17) is 23.2 Å². The summed E-state index contributed by atoms with van der Waals surface area (Å²) in [4.78, 5) is 12.3. The lowest BCUT2D eigenvalue weighted by molar-refractivity contribution is 0.262. The molecule has 0 fully saturated rings. The van der Waals surface area contributed by atoms with E-state index < -0.39 is 6.03 Å². The first kappa shape index (κ1) is 18.8. The molecule has 0 unspecified atom stereocenters. The predicted molar refractivity (Wildman–Crippen MR) is 110 cm³/mol. The van der Waals surface area contributed by atoms with Crippen LogP contribution < -0.4 is 10.6 Å². The van der Waals surface area contributed by atoms with Crippen molar-refractivity contribution in [1.29, 1.82) is 0 Å². The van der Waals surface area contributed by atoms with Crippen molar-refractivity contribution in [3.05, 3.63) is 62.7 Å². The molecule has 0 aliphatic rings. The van der Waals surface area contributed by atoms with Crippen LogP contribution in [-0.2, 0) is 7.05 Å². The molecule has 26 heavy (non-hydrogen) atoms. The summed E-state index contributed by atoms with van der Waals surface area (Å²) in [5, 5.41) is 10.6. The summed E-state index contributed by atoms with van der Waals surface area (Å²) in [6.45, 7) is 2.01. The van der Waals surface area contributed by atoms with Crippen LogP contribution in [0.15, 0.2) is 47.1 Å². The summed E-state index contributed by atoms with van der Waals surface area (Å²) in [5.74, 6) is 0. The monoisotopic (exact) mass is 452 g/mol. The number of urea groups is 1. The number of rotatable bonds is 3. The molecule has 1 heterocycles. The number of anilines is 2. The zero-order valence-corrected chi connectivity index (χ0v) is 17.1. The van der Waals surface area contributed by atoms with Crippen molar-refractivity contribution in [2.24, 2.45) is 7.05 Å². The number of aromatic nitrogens is 2. The first-order valence-corrected chi connectivity index (χ1v) is 9.21. The van der Waals surface area contributed by atoms with Crippen LogP contribution in [0.5, 0.6) is 0 Å². The summed E-state index contributed by atoms with van der Waals surface area (Å²) in [6.07, 6.45) is 1.74. The molecule has 0 atom stereocenters. The molecule has 134 valence electrons. The van der Waals surface area contributed by atoms with Crippen molar-refractivity contribution in [2.45, 2.75) is 6.92 Å². The van der Waals surface area contributed by atoms with Gasteiger partial charge in [0.1, 0.15) is 0 Å². The van der Waals surface area contributed by atoms with Crippen molar-refractivity contribution >= 4 is 56.5 Å². The average Bonchev–Trinajstić information content (AvgIpc) is 2.91. The number of hydrogen-bond donors (Lipinski definition) is 2. The van der Waals surface area contributed by atoms with Gasteiger partial charge in [0.25, 0.3) is 0 Å². The number of carbonyl (C=O) groups excluding carboxylic acids is 1. The predicted octanol–water partition coefficient (Wildman–Crippen LogP) is 6.11. The quantitative estimate of drug-likeness (QED) is 0.502. The van der Waals surface area contributed by atoms with Gasteiger partial charge in [-0.05, 0) is 58.7 Å². The molecule has 0 aliphatic carbocycles. The zero-order valence-electron chi connectivity index (χ0n) is 14.0. The highest BCUT2D eigenvalue weighted by atomic mass is 79.9. The molecule has 3 rings (SSSR count). The van der Waals surface area contributed by atoms with Crippen LogP contribution in [0, 0.1) is 6.92 Å². The van der Waals surface area contributed by atoms with E-state index in [2.05, 4.69) is 31.7 Å². The van der Waals surface area contributed by atoms with Crippen molar-refractivity contribution in [3.63, 3.8) is 0 Å². The van der Waals surface area contributed by atoms with E-state index in [9.17, 15) is 4.79 Å². The zero-order chi connectivity index (χ0) is 18.8. The number of nitrogens with zero attached hydrogens (tertiary/aromatic N) is 2. The number of carbonyl (C=O) groups is 1. The molecule has 0 aliphatic heterocycles. The standard InChI is InChI=1S/C18H15BrCl2N4O/c1-10-3-5-12(8-13(10)17-14(19)9-22-25(17)2)23-18(26)24-16-6-4-11(20)7-15(16)21/h3-9H,1-2H3,(H2,23,24,26). The van der Waals surface area contributed by atoms with Crippen molar-refractivity contribution in [1.82, 2.24) is 9.78 Å². The molecule has 0 saturated heterocycles. The Balaban J connectivity index is 1.82. The number of amides is 2. The summed E-state index contributed by atoms with van der Waals surface area (Å²) >= 11 is 15.5. The second-order valence-electron chi connectivity index (χ2n) is 5.70. The molecule has 8 heteroatoms. The summed E-state index contributed by atoms with van der Waals surface area (Å²) in [7, 11) is 1.87. The molecule has 2 amide bonds. The van der Waals surface area contributed by atoms with Gasteiger partial charge in [0.05, 0.1) is 27.1 Å². The molecule has 2 aromatic carbocycles. The summed E-state index contributed by atoms with van der Waals surface area (Å²) in [6, 6.07) is 10.2. The summed E-state index contributed by atoms with van der Waals surface area (Å²) in [5.41, 5.74) is 4.11. The SMILES string of the molecule is Cc1ccc(NC(=O)Nc2ccc(Cl)cc2Cl)cc1-c1c(Br)cnn1C. The van der Waals surface area contributed by atoms with Gasteiger partial charge in [0, 0.05) is 23.3 Å². The fraction of sp³-hybridized carbons (Fsp3) is 0.111. The number of hydrogen-bond acceptors (Lipinski definition) is 2. The Kier molecular flexibility index (Phi) is 5.55. The van der Waals surface area contributed by atoms with Gasteiger partial charge >= 0.3 is 6.03 Å². The van der Waals surface area contributed by atoms with E-state index in [1.54, 1.807) is 29.1 Å². The lowest BCUT2D eigenvalue weighted by Crippen LogP contribution is -2.19. The van der Waals surface area contributed by atoms with E-state index in [1.165, 1.54) is 0 Å². The molecule has 1 aromatic heterocycles. The molecule has 0 bridgehead atoms. The molecule has 0 radical (unpaired) electrons. The fourth-order valence-electron chi connectivity index (χ4n) is 2.54. The second-order valence-corrected chi connectivity index (χ2v) is 7.40. The maximum absolute atomic E-state index is 12.3. The van der Waals surface area contributed by atoms with Gasteiger partial charge in [-0.1, -0.05) is 29.3 Å². The highest BCUT2D eigenvalue weighted by Crippen LogP contribution is 2.32. The van der Waals surface area contributed by atoms with Crippen LogP contribution in [0.2, 0.25) is 10.0 Å². The number of aryl methyl sites for hydroxylation is 2. The average molecular weight is 454 g/mol. The van der Waals surface area contributed by atoms with Crippen molar-refractivity contribution < 1.29 is 4.79 Å². The molecule has 3 aromatic rings. The minimum atomic E-state index is -0.395. The Labute approximate surface area is 169 Å². The van der Waals surface area contributed by atoms with Gasteiger partial charge in [-0.2, -0.15) is 5.10 Å². The van der Waals surface area contributed by atoms with Gasteiger partial charge in [-0.15, -0.1) is 0 Å². The maximum Gasteiger partial charge on any atom is 0.323 e. The third-order valence-electron chi connectivity index (χ3n) is 3.82. The van der Waals surface area contributed by atoms with Crippen LogP contribution >= 0.6 is 39.1 Å². The van der Waals surface area contributed by atoms with Crippen molar-refractivity contribution in [3.8, 4) is 11.3 Å². The van der Waals surface area contributed by atoms with Crippen LogP contribution in [0.4, 0.5) is 16.2 Å². The van der Waals surface area contributed by atoms with E-state index in [0.29, 0.717) is 21.4 Å². The molecular formula is C18H15BrCl2N4O. The highest BCUT2D eigenvalue weighted by Gasteiger charge is 2.13. The molecule has 5 nitrogen and oxygen atoms in total. The van der Waals surface area contributed by atoms with E-state index in [1.807, 2.05) is 32.2 Å². The lowest BCUT2D eigenvalue weighted by Gasteiger charge is -2.12. The first-order valence-electron chi connectivity index (χ1n) is 7.66. The van der Waals surface area contributed by atoms with Gasteiger partial charge in [-0.25, -0.2) is 4.79 Å². The highest BCUT2D eigenvalue weighted by molar-refractivity contribution is 9.10. The summed E-state index contributed by atoms with van der Waals surface area (Å²) < 4.78 is 2.67. The maximum atomic E-state index is 12.3. The normalized spacial score (nSPS) is 10.7.